The van der Waals surface area contributed by atoms with Crippen LogP contribution in [0.25, 0.3) is 0 Å². The standard InChI is InChI=1S/C12H22N2O3/c1-12(2,3)17-11(16)9(13)7-8-5-4-6-14-10(8)15/h8-9H,4-7,13H2,1-3H3,(H,14,15). The summed E-state index contributed by atoms with van der Waals surface area (Å²) in [5.41, 5.74) is 5.22. The summed E-state index contributed by atoms with van der Waals surface area (Å²) in [4.78, 5) is 23.2. The lowest BCUT2D eigenvalue weighted by Gasteiger charge is -2.26. The molecule has 1 saturated heterocycles. The molecule has 0 aromatic carbocycles. The van der Waals surface area contributed by atoms with E-state index in [1.165, 1.54) is 0 Å². The van der Waals surface area contributed by atoms with Crippen molar-refractivity contribution in [3.63, 3.8) is 0 Å². The van der Waals surface area contributed by atoms with Gasteiger partial charge in [-0.1, -0.05) is 0 Å². The van der Waals surface area contributed by atoms with Gasteiger partial charge in [-0.15, -0.1) is 0 Å². The molecule has 0 bridgehead atoms. The van der Waals surface area contributed by atoms with Crippen LogP contribution in [0.4, 0.5) is 0 Å². The Kier molecular flexibility index (Phi) is 4.51. The predicted molar refractivity (Wildman–Crippen MR) is 64.2 cm³/mol. The molecule has 2 atom stereocenters. The Labute approximate surface area is 102 Å². The Morgan fingerprint density at radius 2 is 2.24 bits per heavy atom. The van der Waals surface area contributed by atoms with Crippen LogP contribution in [0.2, 0.25) is 0 Å². The van der Waals surface area contributed by atoms with E-state index in [2.05, 4.69) is 5.32 Å². The second-order valence-corrected chi connectivity index (χ2v) is 5.51. The van der Waals surface area contributed by atoms with Crippen molar-refractivity contribution in [3.05, 3.63) is 0 Å². The van der Waals surface area contributed by atoms with Gasteiger partial charge in [0, 0.05) is 12.5 Å². The molecule has 2 unspecified atom stereocenters. The largest absolute Gasteiger partial charge is 0.459 e. The average Bonchev–Trinajstić information content (AvgIpc) is 2.18. The zero-order chi connectivity index (χ0) is 13.1. The second kappa shape index (κ2) is 5.49. The smallest absolute Gasteiger partial charge is 0.323 e. The van der Waals surface area contributed by atoms with Crippen LogP contribution in [0.15, 0.2) is 0 Å². The summed E-state index contributed by atoms with van der Waals surface area (Å²) in [7, 11) is 0. The minimum Gasteiger partial charge on any atom is -0.459 e. The van der Waals surface area contributed by atoms with Crippen LogP contribution in [0.5, 0.6) is 0 Å². The number of amides is 1. The van der Waals surface area contributed by atoms with Gasteiger partial charge in [0.05, 0.1) is 0 Å². The summed E-state index contributed by atoms with van der Waals surface area (Å²) in [5.74, 6) is -0.600. The van der Waals surface area contributed by atoms with E-state index in [9.17, 15) is 9.59 Å². The van der Waals surface area contributed by atoms with Gasteiger partial charge < -0.3 is 15.8 Å². The summed E-state index contributed by atoms with van der Waals surface area (Å²) in [6.07, 6.45) is 2.10. The first-order chi connectivity index (χ1) is 7.79. The van der Waals surface area contributed by atoms with E-state index >= 15 is 0 Å². The second-order valence-electron chi connectivity index (χ2n) is 5.51. The number of hydrogen-bond acceptors (Lipinski definition) is 4. The molecule has 17 heavy (non-hydrogen) atoms. The maximum absolute atomic E-state index is 11.7. The molecule has 1 fully saturated rings. The molecule has 5 heteroatoms. The molecule has 0 aromatic rings. The third kappa shape index (κ3) is 4.73. The Hall–Kier alpha value is -1.10. The summed E-state index contributed by atoms with van der Waals surface area (Å²) in [6, 6.07) is -0.719. The van der Waals surface area contributed by atoms with Crippen LogP contribution >= 0.6 is 0 Å². The van der Waals surface area contributed by atoms with Gasteiger partial charge in [0.2, 0.25) is 5.91 Å². The molecule has 0 saturated carbocycles. The zero-order valence-corrected chi connectivity index (χ0v) is 10.8. The van der Waals surface area contributed by atoms with Gasteiger partial charge in [0.1, 0.15) is 11.6 Å². The summed E-state index contributed by atoms with van der Waals surface area (Å²) in [6.45, 7) is 6.11. The number of carbonyl (C=O) groups is 2. The number of rotatable bonds is 3. The highest BCUT2D eigenvalue weighted by Gasteiger charge is 2.29. The average molecular weight is 242 g/mol. The molecule has 1 amide bonds. The Bertz CT molecular complexity index is 297. The lowest BCUT2D eigenvalue weighted by molar-refractivity contribution is -0.157. The molecule has 5 nitrogen and oxygen atoms in total. The fraction of sp³-hybridized carbons (Fsp3) is 0.833. The van der Waals surface area contributed by atoms with Gasteiger partial charge in [-0.25, -0.2) is 0 Å². The number of ether oxygens (including phenoxy) is 1. The van der Waals surface area contributed by atoms with E-state index < -0.39 is 17.6 Å². The normalized spacial score (nSPS) is 22.8. The summed E-state index contributed by atoms with van der Waals surface area (Å²) in [5, 5.41) is 2.78. The first-order valence-corrected chi connectivity index (χ1v) is 6.06. The van der Waals surface area contributed by atoms with Crippen molar-refractivity contribution in [2.24, 2.45) is 11.7 Å². The van der Waals surface area contributed by atoms with E-state index in [-0.39, 0.29) is 11.8 Å². The highest BCUT2D eigenvalue weighted by molar-refractivity contribution is 5.81. The minimum absolute atomic E-state index is 0.00439. The van der Waals surface area contributed by atoms with Crippen LogP contribution < -0.4 is 11.1 Å². The van der Waals surface area contributed by atoms with Crippen molar-refractivity contribution >= 4 is 11.9 Å². The molecule has 0 aromatic heterocycles. The Balaban J connectivity index is 2.45. The van der Waals surface area contributed by atoms with Crippen molar-refractivity contribution < 1.29 is 14.3 Å². The first kappa shape index (κ1) is 14.0. The highest BCUT2D eigenvalue weighted by atomic mass is 16.6. The quantitative estimate of drug-likeness (QED) is 0.709. The molecule has 1 heterocycles. The van der Waals surface area contributed by atoms with Gasteiger partial charge in [-0.3, -0.25) is 9.59 Å². The predicted octanol–water partition coefficient (Wildman–Crippen LogP) is 0.572. The summed E-state index contributed by atoms with van der Waals surface area (Å²) < 4.78 is 5.18. The lowest BCUT2D eigenvalue weighted by atomic mass is 9.92. The van der Waals surface area contributed by atoms with Crippen LogP contribution in [0, 0.1) is 5.92 Å². The maximum Gasteiger partial charge on any atom is 0.323 e. The van der Waals surface area contributed by atoms with Gasteiger partial charge in [0.15, 0.2) is 0 Å². The Morgan fingerprint density at radius 3 is 2.76 bits per heavy atom. The van der Waals surface area contributed by atoms with E-state index in [0.717, 1.165) is 19.4 Å². The third-order valence-corrected chi connectivity index (χ3v) is 2.65. The monoisotopic (exact) mass is 242 g/mol. The van der Waals surface area contributed by atoms with Crippen molar-refractivity contribution in [1.82, 2.24) is 5.32 Å². The van der Waals surface area contributed by atoms with Gasteiger partial charge >= 0.3 is 5.97 Å². The molecule has 0 spiro atoms. The molecular formula is C12H22N2O3. The Morgan fingerprint density at radius 1 is 1.59 bits per heavy atom. The molecule has 0 aliphatic carbocycles. The van der Waals surface area contributed by atoms with E-state index in [1.54, 1.807) is 20.8 Å². The van der Waals surface area contributed by atoms with Crippen LogP contribution in [-0.4, -0.2) is 30.1 Å². The van der Waals surface area contributed by atoms with E-state index in [1.807, 2.05) is 0 Å². The van der Waals surface area contributed by atoms with Gasteiger partial charge in [-0.2, -0.15) is 0 Å². The third-order valence-electron chi connectivity index (χ3n) is 2.65. The van der Waals surface area contributed by atoms with Gasteiger partial charge in [-0.05, 0) is 40.0 Å². The van der Waals surface area contributed by atoms with Crippen molar-refractivity contribution in [3.8, 4) is 0 Å². The number of hydrogen-bond donors (Lipinski definition) is 2. The lowest BCUT2D eigenvalue weighted by Crippen LogP contribution is -2.43. The van der Waals surface area contributed by atoms with Crippen molar-refractivity contribution in [1.29, 1.82) is 0 Å². The first-order valence-electron chi connectivity index (χ1n) is 6.06. The molecular weight excluding hydrogens is 220 g/mol. The number of carbonyl (C=O) groups excluding carboxylic acids is 2. The van der Waals surface area contributed by atoms with E-state index in [0.29, 0.717) is 6.42 Å². The minimum atomic E-state index is -0.719. The number of esters is 1. The maximum atomic E-state index is 11.7. The highest BCUT2D eigenvalue weighted by Crippen LogP contribution is 2.18. The van der Waals surface area contributed by atoms with Crippen LogP contribution in [0.3, 0.4) is 0 Å². The fourth-order valence-electron chi connectivity index (χ4n) is 1.84. The van der Waals surface area contributed by atoms with Crippen LogP contribution in [0.1, 0.15) is 40.0 Å². The van der Waals surface area contributed by atoms with Crippen LogP contribution in [-0.2, 0) is 14.3 Å². The fourth-order valence-corrected chi connectivity index (χ4v) is 1.84. The van der Waals surface area contributed by atoms with Crippen molar-refractivity contribution in [2.75, 3.05) is 6.54 Å². The summed E-state index contributed by atoms with van der Waals surface area (Å²) >= 11 is 0. The van der Waals surface area contributed by atoms with E-state index in [4.69, 9.17) is 10.5 Å². The molecule has 0 radical (unpaired) electrons. The number of nitrogens with one attached hydrogen (secondary N) is 1. The number of piperidine rings is 1. The number of nitrogens with two attached hydrogens (primary N) is 1. The zero-order valence-electron chi connectivity index (χ0n) is 10.8. The van der Waals surface area contributed by atoms with Crippen molar-refractivity contribution in [2.45, 2.75) is 51.7 Å². The molecule has 1 rings (SSSR count). The van der Waals surface area contributed by atoms with Gasteiger partial charge in [0.25, 0.3) is 0 Å². The molecule has 1 aliphatic rings. The molecule has 1 aliphatic heterocycles. The molecule has 98 valence electrons. The topological polar surface area (TPSA) is 81.4 Å². The SMILES string of the molecule is CC(C)(C)OC(=O)C(N)CC1CCCNC1=O. The molecule has 3 N–H and O–H groups in total.